The van der Waals surface area contributed by atoms with Crippen molar-refractivity contribution in [1.82, 2.24) is 0 Å². The third kappa shape index (κ3) is 1.36. The maximum Gasteiger partial charge on any atom is 0.229 e. The predicted octanol–water partition coefficient (Wildman–Crippen LogP) is 3.24. The van der Waals surface area contributed by atoms with Gasteiger partial charge >= 0.3 is 0 Å². The molecule has 1 N–H and O–H groups in total. The van der Waals surface area contributed by atoms with E-state index < -0.39 is 11.2 Å². The molecule has 0 radical (unpaired) electrons. The van der Waals surface area contributed by atoms with E-state index >= 15 is 0 Å². The van der Waals surface area contributed by atoms with Crippen LogP contribution in [0.1, 0.15) is 56.0 Å². The van der Waals surface area contributed by atoms with Crippen LogP contribution in [0.4, 0.5) is 0 Å². The molecule has 3 heteroatoms. The number of ketones is 2. The van der Waals surface area contributed by atoms with Crippen LogP contribution in [0.2, 0.25) is 0 Å². The minimum atomic E-state index is -0.633. The lowest BCUT2D eigenvalue weighted by atomic mass is 9.46. The first-order valence-corrected chi connectivity index (χ1v) is 7.25. The monoisotopic (exact) mass is 272 g/mol. The molecule has 0 aromatic heterocycles. The predicted molar refractivity (Wildman–Crippen MR) is 75.9 cm³/mol. The van der Waals surface area contributed by atoms with Gasteiger partial charge in [0, 0.05) is 16.4 Å². The van der Waals surface area contributed by atoms with Crippen molar-refractivity contribution in [2.45, 2.75) is 45.4 Å². The Morgan fingerprint density at radius 1 is 1.25 bits per heavy atom. The molecule has 3 nitrogen and oxygen atoms in total. The summed E-state index contributed by atoms with van der Waals surface area (Å²) in [6.07, 6.45) is 2.96. The first kappa shape index (κ1) is 13.3. The summed E-state index contributed by atoms with van der Waals surface area (Å²) in [7, 11) is 0. The Morgan fingerprint density at radius 2 is 1.95 bits per heavy atom. The van der Waals surface area contributed by atoms with Crippen molar-refractivity contribution in [3.05, 3.63) is 29.3 Å². The van der Waals surface area contributed by atoms with Crippen LogP contribution in [0.15, 0.2) is 18.2 Å². The molecular weight excluding hydrogens is 252 g/mol. The Labute approximate surface area is 119 Å². The Hall–Kier alpha value is -1.64. The Bertz CT molecular complexity index is 619. The van der Waals surface area contributed by atoms with E-state index in [4.69, 9.17) is 0 Å². The standard InChI is InChI=1S/C17H20O3/c1-10-5-4-8-16(2)13-7-6-11(18)9-12(13)14(19)15(20)17(10,16)3/h6-7,9-10,18H,4-5,8H2,1-3H3. The SMILES string of the molecule is CC1CCCC2(C)c3ccc(O)cc3C(=O)C(=O)C12C. The normalized spacial score (nSPS) is 36.5. The van der Waals surface area contributed by atoms with Crippen LogP contribution in [-0.4, -0.2) is 16.7 Å². The molecule has 3 rings (SSSR count). The lowest BCUT2D eigenvalue weighted by Gasteiger charge is -2.55. The van der Waals surface area contributed by atoms with Crippen molar-refractivity contribution < 1.29 is 14.7 Å². The number of phenols is 1. The number of carbonyl (C=O) groups is 2. The lowest BCUT2D eigenvalue weighted by Crippen LogP contribution is -2.59. The second-order valence-electron chi connectivity index (χ2n) is 6.72. The lowest BCUT2D eigenvalue weighted by molar-refractivity contribution is -0.134. The van der Waals surface area contributed by atoms with Crippen molar-refractivity contribution in [1.29, 1.82) is 0 Å². The van der Waals surface area contributed by atoms with Crippen LogP contribution in [0.5, 0.6) is 5.75 Å². The highest BCUT2D eigenvalue weighted by Crippen LogP contribution is 2.58. The van der Waals surface area contributed by atoms with Gasteiger partial charge in [-0.05, 0) is 36.5 Å². The van der Waals surface area contributed by atoms with E-state index in [9.17, 15) is 14.7 Å². The van der Waals surface area contributed by atoms with Crippen LogP contribution >= 0.6 is 0 Å². The molecule has 0 heterocycles. The summed E-state index contributed by atoms with van der Waals surface area (Å²) >= 11 is 0. The molecule has 106 valence electrons. The van der Waals surface area contributed by atoms with Gasteiger partial charge in [-0.3, -0.25) is 9.59 Å². The van der Waals surface area contributed by atoms with Crippen molar-refractivity contribution >= 4 is 11.6 Å². The number of rotatable bonds is 0. The first-order valence-electron chi connectivity index (χ1n) is 7.25. The highest BCUT2D eigenvalue weighted by molar-refractivity contribution is 6.47. The fraction of sp³-hybridized carbons (Fsp3) is 0.529. The molecular formula is C17H20O3. The quantitative estimate of drug-likeness (QED) is 0.738. The van der Waals surface area contributed by atoms with Crippen molar-refractivity contribution in [2.75, 3.05) is 0 Å². The molecule has 1 aromatic carbocycles. The van der Waals surface area contributed by atoms with E-state index in [0.29, 0.717) is 5.56 Å². The number of phenolic OH excluding ortho intramolecular Hbond substituents is 1. The number of fused-ring (bicyclic) bond motifs is 3. The first-order chi connectivity index (χ1) is 9.32. The average Bonchev–Trinajstić information content (AvgIpc) is 2.41. The second kappa shape index (κ2) is 3.94. The van der Waals surface area contributed by atoms with Gasteiger partial charge in [0.25, 0.3) is 0 Å². The topological polar surface area (TPSA) is 54.4 Å². The van der Waals surface area contributed by atoms with E-state index in [0.717, 1.165) is 24.8 Å². The maximum absolute atomic E-state index is 12.7. The molecule has 2 aliphatic carbocycles. The molecule has 1 aromatic rings. The molecule has 0 spiro atoms. The highest BCUT2D eigenvalue weighted by Gasteiger charge is 2.60. The number of hydrogen-bond donors (Lipinski definition) is 1. The van der Waals surface area contributed by atoms with Crippen LogP contribution in [0, 0.1) is 11.3 Å². The van der Waals surface area contributed by atoms with E-state index in [1.54, 1.807) is 6.07 Å². The van der Waals surface area contributed by atoms with Crippen LogP contribution in [0.3, 0.4) is 0 Å². The maximum atomic E-state index is 12.7. The summed E-state index contributed by atoms with van der Waals surface area (Å²) in [5, 5.41) is 9.62. The van der Waals surface area contributed by atoms with E-state index in [1.165, 1.54) is 6.07 Å². The molecule has 3 unspecified atom stereocenters. The van der Waals surface area contributed by atoms with Gasteiger partial charge < -0.3 is 5.11 Å². The summed E-state index contributed by atoms with van der Waals surface area (Å²) in [4.78, 5) is 25.2. The molecule has 1 saturated carbocycles. The van der Waals surface area contributed by atoms with Crippen LogP contribution in [-0.2, 0) is 10.2 Å². The second-order valence-corrected chi connectivity index (χ2v) is 6.72. The number of hydrogen-bond acceptors (Lipinski definition) is 3. The third-order valence-electron chi connectivity index (χ3n) is 5.97. The molecule has 3 atom stereocenters. The van der Waals surface area contributed by atoms with Crippen LogP contribution in [0.25, 0.3) is 0 Å². The largest absolute Gasteiger partial charge is 0.508 e. The molecule has 0 bridgehead atoms. The van der Waals surface area contributed by atoms with Gasteiger partial charge in [0.05, 0.1) is 0 Å². The molecule has 2 aliphatic rings. The van der Waals surface area contributed by atoms with Gasteiger partial charge in [0.2, 0.25) is 11.6 Å². The van der Waals surface area contributed by atoms with Gasteiger partial charge in [-0.1, -0.05) is 33.3 Å². The summed E-state index contributed by atoms with van der Waals surface area (Å²) in [6.45, 7) is 6.13. The zero-order valence-electron chi connectivity index (χ0n) is 12.2. The van der Waals surface area contributed by atoms with Gasteiger partial charge in [-0.15, -0.1) is 0 Å². The number of benzene rings is 1. The van der Waals surface area contributed by atoms with Crippen LogP contribution < -0.4 is 0 Å². The summed E-state index contributed by atoms with van der Waals surface area (Å²) in [5.74, 6) is -0.490. The van der Waals surface area contributed by atoms with E-state index in [1.807, 2.05) is 13.0 Å². The molecule has 0 saturated heterocycles. The Kier molecular flexibility index (Phi) is 2.63. The zero-order chi connectivity index (χ0) is 14.7. The fourth-order valence-electron chi connectivity index (χ4n) is 4.30. The van der Waals surface area contributed by atoms with Gasteiger partial charge in [0.15, 0.2) is 0 Å². The molecule has 20 heavy (non-hydrogen) atoms. The van der Waals surface area contributed by atoms with E-state index in [2.05, 4.69) is 13.8 Å². The van der Waals surface area contributed by atoms with Crippen molar-refractivity contribution in [2.24, 2.45) is 11.3 Å². The molecule has 1 fully saturated rings. The van der Waals surface area contributed by atoms with E-state index in [-0.39, 0.29) is 22.9 Å². The minimum absolute atomic E-state index is 0.0426. The molecule has 0 aliphatic heterocycles. The summed E-state index contributed by atoms with van der Waals surface area (Å²) in [5.41, 5.74) is 0.364. The van der Waals surface area contributed by atoms with Gasteiger partial charge in [-0.25, -0.2) is 0 Å². The Balaban J connectivity index is 2.33. The third-order valence-corrected chi connectivity index (χ3v) is 5.97. The fourth-order valence-corrected chi connectivity index (χ4v) is 4.30. The average molecular weight is 272 g/mol. The number of carbonyl (C=O) groups excluding carboxylic acids is 2. The van der Waals surface area contributed by atoms with Crippen molar-refractivity contribution in [3.8, 4) is 5.75 Å². The minimum Gasteiger partial charge on any atom is -0.508 e. The van der Waals surface area contributed by atoms with Crippen molar-refractivity contribution in [3.63, 3.8) is 0 Å². The summed E-state index contributed by atoms with van der Waals surface area (Å²) in [6, 6.07) is 4.89. The summed E-state index contributed by atoms with van der Waals surface area (Å²) < 4.78 is 0. The number of aromatic hydroxyl groups is 1. The van der Waals surface area contributed by atoms with Gasteiger partial charge in [0.1, 0.15) is 5.75 Å². The molecule has 0 amide bonds. The van der Waals surface area contributed by atoms with Gasteiger partial charge in [-0.2, -0.15) is 0 Å². The smallest absolute Gasteiger partial charge is 0.229 e. The zero-order valence-corrected chi connectivity index (χ0v) is 12.2. The number of Topliss-reactive ketones (excluding diaryl/α,β-unsaturated/α-hetero) is 2. The Morgan fingerprint density at radius 3 is 2.65 bits per heavy atom. The highest BCUT2D eigenvalue weighted by atomic mass is 16.3.